The second kappa shape index (κ2) is 7.71. The average molecular weight is 264 g/mol. The van der Waals surface area contributed by atoms with Crippen molar-refractivity contribution in [3.8, 4) is 0 Å². The van der Waals surface area contributed by atoms with Crippen LogP contribution in [-0.4, -0.2) is 11.0 Å². The van der Waals surface area contributed by atoms with E-state index < -0.39 is 0 Å². The molecule has 0 unspecified atom stereocenters. The van der Waals surface area contributed by atoms with Gasteiger partial charge in [-0.05, 0) is 24.5 Å². The first-order valence-electron chi connectivity index (χ1n) is 5.29. The van der Waals surface area contributed by atoms with Crippen LogP contribution in [0.5, 0.6) is 0 Å². The number of halogens is 2. The summed E-state index contributed by atoms with van der Waals surface area (Å²) in [6, 6.07) is 2.61. The average Bonchev–Trinajstić information content (AvgIpc) is 2.71. The van der Waals surface area contributed by atoms with Crippen LogP contribution in [-0.2, 0) is 6.54 Å². The molecule has 0 spiro atoms. The summed E-state index contributed by atoms with van der Waals surface area (Å²) in [6.07, 6.45) is 8.91. The van der Waals surface area contributed by atoms with Crippen molar-refractivity contribution in [2.45, 2.75) is 38.3 Å². The van der Waals surface area contributed by atoms with Crippen molar-refractivity contribution in [2.75, 3.05) is 5.32 Å². The van der Waals surface area contributed by atoms with Crippen molar-refractivity contribution < 1.29 is 0 Å². The number of aromatic nitrogens is 1. The SMILES string of the molecule is Cl.Cl.NCc1ccncc1NC1CCCC1. The van der Waals surface area contributed by atoms with Gasteiger partial charge in [0.2, 0.25) is 0 Å². The molecule has 1 aromatic heterocycles. The van der Waals surface area contributed by atoms with Gasteiger partial charge >= 0.3 is 0 Å². The molecule has 92 valence electrons. The molecule has 16 heavy (non-hydrogen) atoms. The minimum absolute atomic E-state index is 0. The summed E-state index contributed by atoms with van der Waals surface area (Å²) in [6.45, 7) is 0.581. The summed E-state index contributed by atoms with van der Waals surface area (Å²) in [5.41, 5.74) is 7.93. The van der Waals surface area contributed by atoms with Crippen LogP contribution in [0.3, 0.4) is 0 Å². The quantitative estimate of drug-likeness (QED) is 0.882. The van der Waals surface area contributed by atoms with E-state index in [2.05, 4.69) is 10.3 Å². The normalized spacial score (nSPS) is 15.1. The van der Waals surface area contributed by atoms with Gasteiger partial charge in [0.25, 0.3) is 0 Å². The third kappa shape index (κ3) is 3.81. The number of hydrogen-bond acceptors (Lipinski definition) is 3. The summed E-state index contributed by atoms with van der Waals surface area (Å²) in [4.78, 5) is 4.12. The maximum atomic E-state index is 5.66. The van der Waals surface area contributed by atoms with Crippen molar-refractivity contribution >= 4 is 30.5 Å². The fourth-order valence-electron chi connectivity index (χ4n) is 2.02. The van der Waals surface area contributed by atoms with Gasteiger partial charge in [-0.25, -0.2) is 0 Å². The van der Waals surface area contributed by atoms with Gasteiger partial charge in [-0.2, -0.15) is 0 Å². The van der Waals surface area contributed by atoms with Gasteiger partial charge < -0.3 is 11.1 Å². The van der Waals surface area contributed by atoms with Gasteiger partial charge in [0.05, 0.1) is 11.9 Å². The number of nitrogens with zero attached hydrogens (tertiary/aromatic N) is 1. The van der Waals surface area contributed by atoms with Crippen molar-refractivity contribution in [3.05, 3.63) is 24.0 Å². The number of nitrogens with two attached hydrogens (primary N) is 1. The lowest BCUT2D eigenvalue weighted by molar-refractivity contribution is 0.752. The smallest absolute Gasteiger partial charge is 0.0574 e. The molecule has 0 aliphatic heterocycles. The third-order valence-corrected chi connectivity index (χ3v) is 2.85. The molecular formula is C11H19Cl2N3. The molecule has 1 aliphatic rings. The van der Waals surface area contributed by atoms with E-state index in [4.69, 9.17) is 5.73 Å². The van der Waals surface area contributed by atoms with E-state index in [1.54, 1.807) is 6.20 Å². The van der Waals surface area contributed by atoms with Crippen molar-refractivity contribution in [2.24, 2.45) is 5.73 Å². The summed E-state index contributed by atoms with van der Waals surface area (Å²) in [5.74, 6) is 0. The van der Waals surface area contributed by atoms with E-state index in [1.165, 1.54) is 25.7 Å². The number of nitrogens with one attached hydrogen (secondary N) is 1. The zero-order valence-electron chi connectivity index (χ0n) is 9.19. The topological polar surface area (TPSA) is 50.9 Å². The van der Waals surface area contributed by atoms with Crippen LogP contribution in [0.15, 0.2) is 18.5 Å². The maximum absolute atomic E-state index is 5.66. The Morgan fingerprint density at radius 2 is 2.00 bits per heavy atom. The number of pyridine rings is 1. The van der Waals surface area contributed by atoms with E-state index in [-0.39, 0.29) is 24.8 Å². The predicted octanol–water partition coefficient (Wildman–Crippen LogP) is 2.74. The Bertz CT molecular complexity index is 301. The zero-order chi connectivity index (χ0) is 9.80. The summed E-state index contributed by atoms with van der Waals surface area (Å²) < 4.78 is 0. The molecule has 0 amide bonds. The molecule has 1 heterocycles. The van der Waals surface area contributed by atoms with Gasteiger partial charge in [0, 0.05) is 18.8 Å². The van der Waals surface area contributed by atoms with Crippen LogP contribution in [0.4, 0.5) is 5.69 Å². The van der Waals surface area contributed by atoms with Crippen LogP contribution >= 0.6 is 24.8 Å². The fraction of sp³-hybridized carbons (Fsp3) is 0.545. The van der Waals surface area contributed by atoms with Gasteiger partial charge in [0.15, 0.2) is 0 Å². The Morgan fingerprint density at radius 1 is 1.31 bits per heavy atom. The fourth-order valence-corrected chi connectivity index (χ4v) is 2.02. The standard InChI is InChI=1S/C11H17N3.2ClH/c12-7-9-5-6-13-8-11(9)14-10-3-1-2-4-10;;/h5-6,8,10,14H,1-4,7,12H2;2*1H. The minimum Gasteiger partial charge on any atom is -0.381 e. The molecule has 0 bridgehead atoms. The maximum Gasteiger partial charge on any atom is 0.0574 e. The molecule has 3 nitrogen and oxygen atoms in total. The Kier molecular flexibility index (Phi) is 7.47. The highest BCUT2D eigenvalue weighted by Crippen LogP contribution is 2.23. The van der Waals surface area contributed by atoms with Crippen LogP contribution in [0.25, 0.3) is 0 Å². The van der Waals surface area contributed by atoms with E-state index in [1.807, 2.05) is 12.3 Å². The largest absolute Gasteiger partial charge is 0.381 e. The highest BCUT2D eigenvalue weighted by molar-refractivity contribution is 5.85. The van der Waals surface area contributed by atoms with Gasteiger partial charge in [-0.1, -0.05) is 12.8 Å². The Morgan fingerprint density at radius 3 is 2.62 bits per heavy atom. The second-order valence-electron chi connectivity index (χ2n) is 3.86. The molecule has 3 N–H and O–H groups in total. The number of hydrogen-bond donors (Lipinski definition) is 2. The van der Waals surface area contributed by atoms with E-state index in [0.29, 0.717) is 12.6 Å². The molecule has 0 radical (unpaired) electrons. The highest BCUT2D eigenvalue weighted by atomic mass is 35.5. The lowest BCUT2D eigenvalue weighted by atomic mass is 10.2. The van der Waals surface area contributed by atoms with E-state index in [9.17, 15) is 0 Å². The van der Waals surface area contributed by atoms with Gasteiger partial charge in [0.1, 0.15) is 0 Å². The molecule has 1 saturated carbocycles. The molecule has 5 heteroatoms. The molecule has 0 aromatic carbocycles. The first-order valence-corrected chi connectivity index (χ1v) is 5.29. The van der Waals surface area contributed by atoms with Crippen molar-refractivity contribution in [3.63, 3.8) is 0 Å². The minimum atomic E-state index is 0. The lowest BCUT2D eigenvalue weighted by Gasteiger charge is -2.15. The molecule has 2 rings (SSSR count). The molecular weight excluding hydrogens is 245 g/mol. The van der Waals surface area contributed by atoms with Crippen molar-refractivity contribution in [1.82, 2.24) is 4.98 Å². The van der Waals surface area contributed by atoms with Crippen molar-refractivity contribution in [1.29, 1.82) is 0 Å². The summed E-state index contributed by atoms with van der Waals surface area (Å²) in [5, 5.41) is 3.52. The van der Waals surface area contributed by atoms with Crippen LogP contribution in [0.2, 0.25) is 0 Å². The Balaban J connectivity index is 0.00000112. The molecule has 1 aliphatic carbocycles. The number of anilines is 1. The zero-order valence-corrected chi connectivity index (χ0v) is 10.8. The van der Waals surface area contributed by atoms with Gasteiger partial charge in [-0.3, -0.25) is 4.98 Å². The van der Waals surface area contributed by atoms with Crippen LogP contribution < -0.4 is 11.1 Å². The molecule has 0 atom stereocenters. The van der Waals surface area contributed by atoms with E-state index in [0.717, 1.165) is 11.3 Å². The molecule has 0 saturated heterocycles. The first kappa shape index (κ1) is 15.5. The Labute approximate surface area is 109 Å². The van der Waals surface area contributed by atoms with Gasteiger partial charge in [-0.15, -0.1) is 24.8 Å². The predicted molar refractivity (Wildman–Crippen MR) is 72.5 cm³/mol. The number of rotatable bonds is 3. The molecule has 1 fully saturated rings. The summed E-state index contributed by atoms with van der Waals surface area (Å²) >= 11 is 0. The monoisotopic (exact) mass is 263 g/mol. The lowest BCUT2D eigenvalue weighted by Crippen LogP contribution is -2.16. The molecule has 1 aromatic rings. The Hall–Kier alpha value is -0.510. The highest BCUT2D eigenvalue weighted by Gasteiger charge is 2.15. The first-order chi connectivity index (χ1) is 6.90. The van der Waals surface area contributed by atoms with Crippen LogP contribution in [0.1, 0.15) is 31.2 Å². The third-order valence-electron chi connectivity index (χ3n) is 2.85. The van der Waals surface area contributed by atoms with E-state index >= 15 is 0 Å². The second-order valence-corrected chi connectivity index (χ2v) is 3.86. The summed E-state index contributed by atoms with van der Waals surface area (Å²) in [7, 11) is 0. The van der Waals surface area contributed by atoms with Crippen LogP contribution in [0, 0.1) is 0 Å².